The van der Waals surface area contributed by atoms with Crippen molar-refractivity contribution in [2.24, 2.45) is 5.41 Å². The van der Waals surface area contributed by atoms with Crippen LogP contribution in [0.5, 0.6) is 0 Å². The number of carbonyl (C=O) groups excluding carboxylic acids is 1. The zero-order chi connectivity index (χ0) is 14.6. The Kier molecular flexibility index (Phi) is 4.48. The molecule has 1 aromatic carbocycles. The molecule has 1 heterocycles. The molecule has 3 nitrogen and oxygen atoms in total. The molecule has 0 saturated carbocycles. The van der Waals surface area contributed by atoms with Crippen molar-refractivity contribution in [2.45, 2.75) is 39.0 Å². The maximum atomic E-state index is 12.8. The summed E-state index contributed by atoms with van der Waals surface area (Å²) >= 11 is 0. The first-order valence-electron chi connectivity index (χ1n) is 7.49. The number of hydrogen-bond acceptors (Lipinski definition) is 2. The van der Waals surface area contributed by atoms with Gasteiger partial charge in [-0.25, -0.2) is 0 Å². The Hall–Kier alpha value is -1.35. The predicted octanol–water partition coefficient (Wildman–Crippen LogP) is 2.47. The van der Waals surface area contributed by atoms with Gasteiger partial charge in [-0.3, -0.25) is 4.79 Å². The van der Waals surface area contributed by atoms with E-state index in [2.05, 4.69) is 43.5 Å². The number of carbonyl (C=O) groups is 1. The Morgan fingerprint density at radius 1 is 1.20 bits per heavy atom. The number of piperidine rings is 1. The lowest BCUT2D eigenvalue weighted by Gasteiger charge is -2.37. The van der Waals surface area contributed by atoms with Crippen molar-refractivity contribution in [3.63, 3.8) is 0 Å². The first-order chi connectivity index (χ1) is 9.44. The summed E-state index contributed by atoms with van der Waals surface area (Å²) in [6.45, 7) is 8.95. The average molecular weight is 274 g/mol. The van der Waals surface area contributed by atoms with Crippen molar-refractivity contribution < 1.29 is 4.79 Å². The Labute approximate surface area is 122 Å². The standard InChI is InChI=1S/C17H26N2O/c1-16(2,3)13-19-15(20)17(9-11-18-12-10-17)14-7-5-4-6-8-14/h4-8,18H,9-13H2,1-3H3,(H,19,20). The lowest BCUT2D eigenvalue weighted by atomic mass is 9.72. The van der Waals surface area contributed by atoms with Gasteiger partial charge in [-0.05, 0) is 36.9 Å². The van der Waals surface area contributed by atoms with Crippen molar-refractivity contribution in [3.05, 3.63) is 35.9 Å². The van der Waals surface area contributed by atoms with E-state index in [1.165, 1.54) is 0 Å². The summed E-state index contributed by atoms with van der Waals surface area (Å²) in [5.74, 6) is 0.181. The molecule has 1 saturated heterocycles. The van der Waals surface area contributed by atoms with Gasteiger partial charge in [0.15, 0.2) is 0 Å². The molecule has 20 heavy (non-hydrogen) atoms. The smallest absolute Gasteiger partial charge is 0.230 e. The second-order valence-electron chi connectivity index (χ2n) is 6.94. The van der Waals surface area contributed by atoms with Crippen LogP contribution in [0, 0.1) is 5.41 Å². The number of amides is 1. The molecule has 1 fully saturated rings. The maximum Gasteiger partial charge on any atom is 0.230 e. The van der Waals surface area contributed by atoms with Crippen LogP contribution in [-0.2, 0) is 10.2 Å². The van der Waals surface area contributed by atoms with Gasteiger partial charge < -0.3 is 10.6 Å². The fraction of sp³-hybridized carbons (Fsp3) is 0.588. The van der Waals surface area contributed by atoms with Crippen LogP contribution >= 0.6 is 0 Å². The molecule has 0 radical (unpaired) electrons. The number of hydrogen-bond donors (Lipinski definition) is 2. The fourth-order valence-electron chi connectivity index (χ4n) is 2.77. The molecule has 0 bridgehead atoms. The number of nitrogens with one attached hydrogen (secondary N) is 2. The summed E-state index contributed by atoms with van der Waals surface area (Å²) in [6, 6.07) is 10.2. The molecular weight excluding hydrogens is 248 g/mol. The van der Waals surface area contributed by atoms with E-state index in [1.54, 1.807) is 0 Å². The van der Waals surface area contributed by atoms with Gasteiger partial charge in [0.2, 0.25) is 5.91 Å². The lowest BCUT2D eigenvalue weighted by molar-refractivity contribution is -0.128. The minimum atomic E-state index is -0.363. The van der Waals surface area contributed by atoms with Gasteiger partial charge in [0.25, 0.3) is 0 Å². The highest BCUT2D eigenvalue weighted by molar-refractivity contribution is 5.88. The van der Waals surface area contributed by atoms with Crippen molar-refractivity contribution >= 4 is 5.91 Å². The van der Waals surface area contributed by atoms with Crippen LogP contribution in [0.25, 0.3) is 0 Å². The van der Waals surface area contributed by atoms with E-state index in [0.717, 1.165) is 31.5 Å². The van der Waals surface area contributed by atoms with Crippen molar-refractivity contribution in [2.75, 3.05) is 19.6 Å². The first-order valence-corrected chi connectivity index (χ1v) is 7.49. The zero-order valence-corrected chi connectivity index (χ0v) is 12.8. The van der Waals surface area contributed by atoms with E-state index < -0.39 is 0 Å². The topological polar surface area (TPSA) is 41.1 Å². The molecule has 0 aliphatic carbocycles. The van der Waals surface area contributed by atoms with E-state index in [0.29, 0.717) is 6.54 Å². The van der Waals surface area contributed by atoms with Crippen LogP contribution in [-0.4, -0.2) is 25.5 Å². The third-order valence-electron chi connectivity index (χ3n) is 4.00. The highest BCUT2D eigenvalue weighted by Crippen LogP contribution is 2.34. The van der Waals surface area contributed by atoms with Crippen molar-refractivity contribution in [3.8, 4) is 0 Å². The Morgan fingerprint density at radius 3 is 2.35 bits per heavy atom. The van der Waals surface area contributed by atoms with Crippen LogP contribution in [0.3, 0.4) is 0 Å². The molecule has 3 heteroatoms. The Balaban J connectivity index is 2.21. The van der Waals surface area contributed by atoms with E-state index in [-0.39, 0.29) is 16.7 Å². The minimum Gasteiger partial charge on any atom is -0.355 e. The van der Waals surface area contributed by atoms with E-state index >= 15 is 0 Å². The monoisotopic (exact) mass is 274 g/mol. The van der Waals surface area contributed by atoms with Crippen LogP contribution in [0.15, 0.2) is 30.3 Å². The van der Waals surface area contributed by atoms with E-state index in [4.69, 9.17) is 0 Å². The molecule has 2 rings (SSSR count). The highest BCUT2D eigenvalue weighted by atomic mass is 16.2. The molecule has 1 aromatic rings. The van der Waals surface area contributed by atoms with Gasteiger partial charge in [-0.2, -0.15) is 0 Å². The van der Waals surface area contributed by atoms with Crippen LogP contribution in [0.4, 0.5) is 0 Å². The first kappa shape index (κ1) is 15.0. The van der Waals surface area contributed by atoms with E-state index in [9.17, 15) is 4.79 Å². The van der Waals surface area contributed by atoms with Gasteiger partial charge in [0.1, 0.15) is 0 Å². The van der Waals surface area contributed by atoms with Gasteiger partial charge in [-0.15, -0.1) is 0 Å². The highest BCUT2D eigenvalue weighted by Gasteiger charge is 2.41. The minimum absolute atomic E-state index is 0.112. The molecule has 1 amide bonds. The molecule has 0 aromatic heterocycles. The largest absolute Gasteiger partial charge is 0.355 e. The number of rotatable bonds is 3. The van der Waals surface area contributed by atoms with Gasteiger partial charge in [0, 0.05) is 6.54 Å². The molecule has 110 valence electrons. The SMILES string of the molecule is CC(C)(C)CNC(=O)C1(c2ccccc2)CCNCC1. The van der Waals surface area contributed by atoms with Crippen LogP contribution < -0.4 is 10.6 Å². The summed E-state index contributed by atoms with van der Waals surface area (Å²) in [7, 11) is 0. The van der Waals surface area contributed by atoms with Crippen molar-refractivity contribution in [1.29, 1.82) is 0 Å². The molecule has 1 aliphatic rings. The number of benzene rings is 1. The second-order valence-corrected chi connectivity index (χ2v) is 6.94. The summed E-state index contributed by atoms with van der Waals surface area (Å²) < 4.78 is 0. The summed E-state index contributed by atoms with van der Waals surface area (Å²) in [6.07, 6.45) is 1.74. The maximum absolute atomic E-state index is 12.8. The Morgan fingerprint density at radius 2 is 1.80 bits per heavy atom. The lowest BCUT2D eigenvalue weighted by Crippen LogP contribution is -2.51. The van der Waals surface area contributed by atoms with Gasteiger partial charge in [0.05, 0.1) is 5.41 Å². The van der Waals surface area contributed by atoms with Gasteiger partial charge >= 0.3 is 0 Å². The quantitative estimate of drug-likeness (QED) is 0.889. The average Bonchev–Trinajstić information content (AvgIpc) is 2.45. The summed E-state index contributed by atoms with van der Waals surface area (Å²) in [5.41, 5.74) is 0.894. The van der Waals surface area contributed by atoms with Crippen LogP contribution in [0.1, 0.15) is 39.2 Å². The molecule has 1 aliphatic heterocycles. The predicted molar refractivity (Wildman–Crippen MR) is 82.7 cm³/mol. The second kappa shape index (κ2) is 5.96. The summed E-state index contributed by atoms with van der Waals surface area (Å²) in [5, 5.41) is 6.52. The van der Waals surface area contributed by atoms with E-state index in [1.807, 2.05) is 18.2 Å². The third-order valence-corrected chi connectivity index (χ3v) is 4.00. The molecule has 2 N–H and O–H groups in total. The van der Waals surface area contributed by atoms with Crippen molar-refractivity contribution in [1.82, 2.24) is 10.6 Å². The zero-order valence-electron chi connectivity index (χ0n) is 12.8. The fourth-order valence-corrected chi connectivity index (χ4v) is 2.77. The van der Waals surface area contributed by atoms with Crippen LogP contribution in [0.2, 0.25) is 0 Å². The van der Waals surface area contributed by atoms with Gasteiger partial charge in [-0.1, -0.05) is 51.1 Å². The third kappa shape index (κ3) is 3.40. The molecule has 0 spiro atoms. The molecular formula is C17H26N2O. The molecule has 0 unspecified atom stereocenters. The Bertz CT molecular complexity index is 442. The summed E-state index contributed by atoms with van der Waals surface area (Å²) in [4.78, 5) is 12.8. The molecule has 0 atom stereocenters. The normalized spacial score (nSPS) is 18.6.